The number of hydrogen-bond acceptors (Lipinski definition) is 4. The lowest BCUT2D eigenvalue weighted by atomic mass is 10.0. The fourth-order valence-corrected chi connectivity index (χ4v) is 3.60. The van der Waals surface area contributed by atoms with Crippen molar-refractivity contribution in [1.29, 1.82) is 0 Å². The number of nitrogens with zero attached hydrogens (tertiary/aromatic N) is 2. The van der Waals surface area contributed by atoms with Crippen LogP contribution in [0, 0.1) is 12.7 Å². The molecule has 1 heterocycles. The van der Waals surface area contributed by atoms with Gasteiger partial charge in [0.1, 0.15) is 11.6 Å². The summed E-state index contributed by atoms with van der Waals surface area (Å²) in [6.45, 7) is 4.03. The van der Waals surface area contributed by atoms with Crippen molar-refractivity contribution in [2.45, 2.75) is 13.8 Å². The van der Waals surface area contributed by atoms with Gasteiger partial charge in [0.05, 0.1) is 30.8 Å². The van der Waals surface area contributed by atoms with Crippen LogP contribution in [0.15, 0.2) is 84.9 Å². The monoisotopic (exact) mass is 456 g/mol. The lowest BCUT2D eigenvalue weighted by Gasteiger charge is -2.09. The molecular formula is C28H25FN2O3. The van der Waals surface area contributed by atoms with Gasteiger partial charge in [0.2, 0.25) is 0 Å². The summed E-state index contributed by atoms with van der Waals surface area (Å²) in [6.07, 6.45) is 1.40. The van der Waals surface area contributed by atoms with Crippen LogP contribution in [0.3, 0.4) is 0 Å². The van der Waals surface area contributed by atoms with Crippen molar-refractivity contribution in [3.8, 4) is 22.7 Å². The molecule has 0 saturated heterocycles. The molecule has 0 unspecified atom stereocenters. The van der Waals surface area contributed by atoms with E-state index in [0.717, 1.165) is 28.3 Å². The minimum absolute atomic E-state index is 0.251. The van der Waals surface area contributed by atoms with Crippen molar-refractivity contribution >= 4 is 11.5 Å². The molecule has 0 aliphatic heterocycles. The predicted octanol–water partition coefficient (Wildman–Crippen LogP) is 5.99. The summed E-state index contributed by atoms with van der Waals surface area (Å²) in [5.41, 5.74) is 5.55. The number of carbonyl (C=O) groups excluding carboxylic acids is 1. The Bertz CT molecular complexity index is 1310. The number of aryl methyl sites for hydroxylation is 1. The van der Waals surface area contributed by atoms with Gasteiger partial charge in [-0.1, -0.05) is 42.0 Å². The van der Waals surface area contributed by atoms with Gasteiger partial charge in [0.15, 0.2) is 0 Å². The summed E-state index contributed by atoms with van der Waals surface area (Å²) < 4.78 is 25.9. The molecule has 172 valence electrons. The Morgan fingerprint density at radius 1 is 1.00 bits per heavy atom. The third kappa shape index (κ3) is 5.07. The maximum atomic E-state index is 13.6. The van der Waals surface area contributed by atoms with Crippen LogP contribution in [0.4, 0.5) is 4.39 Å². The van der Waals surface area contributed by atoms with Gasteiger partial charge in [-0.25, -0.2) is 13.9 Å². The highest BCUT2D eigenvalue weighted by atomic mass is 19.1. The van der Waals surface area contributed by atoms with Crippen LogP contribution in [0.5, 0.6) is 5.75 Å². The zero-order valence-electron chi connectivity index (χ0n) is 19.3. The van der Waals surface area contributed by atoms with Crippen LogP contribution in [-0.4, -0.2) is 29.5 Å². The predicted molar refractivity (Wildman–Crippen MR) is 130 cm³/mol. The summed E-state index contributed by atoms with van der Waals surface area (Å²) in [7, 11) is 1.62. The van der Waals surface area contributed by atoms with Crippen LogP contribution in [0.2, 0.25) is 0 Å². The van der Waals surface area contributed by atoms with Crippen LogP contribution < -0.4 is 4.74 Å². The first-order valence-electron chi connectivity index (χ1n) is 10.9. The number of carbonyl (C=O) groups is 1. The second-order valence-corrected chi connectivity index (χ2v) is 7.71. The topological polar surface area (TPSA) is 53.4 Å². The van der Waals surface area contributed by atoms with Crippen molar-refractivity contribution in [2.75, 3.05) is 13.7 Å². The minimum Gasteiger partial charge on any atom is -0.497 e. The molecule has 0 radical (unpaired) electrons. The molecule has 0 fully saturated rings. The number of halogens is 1. The van der Waals surface area contributed by atoms with Gasteiger partial charge in [-0.2, -0.15) is 5.10 Å². The largest absolute Gasteiger partial charge is 0.497 e. The highest BCUT2D eigenvalue weighted by molar-refractivity contribution is 5.96. The van der Waals surface area contributed by atoms with Gasteiger partial charge >= 0.3 is 5.97 Å². The van der Waals surface area contributed by atoms with Gasteiger partial charge in [-0.15, -0.1) is 0 Å². The van der Waals surface area contributed by atoms with Crippen molar-refractivity contribution < 1.29 is 18.7 Å². The van der Waals surface area contributed by atoms with Gasteiger partial charge in [-0.3, -0.25) is 0 Å². The van der Waals surface area contributed by atoms with E-state index in [2.05, 4.69) is 0 Å². The SMILES string of the molecule is CCOC(=O)/C=C(/c1ccc(F)cc1)c1cc(-c2ccc(C)cc2)n(-c2ccc(OC)cc2)n1. The first kappa shape index (κ1) is 23.0. The third-order valence-corrected chi connectivity index (χ3v) is 5.35. The fourth-order valence-electron chi connectivity index (χ4n) is 3.60. The highest BCUT2D eigenvalue weighted by Gasteiger charge is 2.17. The lowest BCUT2D eigenvalue weighted by molar-refractivity contribution is -0.137. The highest BCUT2D eigenvalue weighted by Crippen LogP contribution is 2.31. The standard InChI is InChI=1S/C28H25FN2O3/c1-4-34-28(32)17-25(20-9-11-22(29)12-10-20)26-18-27(21-7-5-19(2)6-8-21)31(30-26)23-13-15-24(33-3)16-14-23/h5-18H,4H2,1-3H3/b25-17-. The number of ether oxygens (including phenoxy) is 2. The van der Waals surface area contributed by atoms with Crippen molar-refractivity contribution in [2.24, 2.45) is 0 Å². The Kier molecular flexibility index (Phi) is 6.87. The number of benzene rings is 3. The van der Waals surface area contributed by atoms with Gasteiger partial charge in [-0.05, 0) is 61.9 Å². The number of hydrogen-bond donors (Lipinski definition) is 0. The molecule has 0 N–H and O–H groups in total. The van der Waals surface area contributed by atoms with E-state index in [0.29, 0.717) is 16.8 Å². The molecule has 0 bridgehead atoms. The van der Waals surface area contributed by atoms with E-state index in [-0.39, 0.29) is 12.4 Å². The molecule has 6 heteroatoms. The Morgan fingerprint density at radius 3 is 2.29 bits per heavy atom. The molecule has 5 nitrogen and oxygen atoms in total. The molecule has 0 amide bonds. The second-order valence-electron chi connectivity index (χ2n) is 7.71. The van der Waals surface area contributed by atoms with Crippen LogP contribution in [0.25, 0.3) is 22.5 Å². The quantitative estimate of drug-likeness (QED) is 0.253. The summed E-state index contributed by atoms with van der Waals surface area (Å²) in [5, 5.41) is 4.85. The van der Waals surface area contributed by atoms with E-state index in [1.54, 1.807) is 26.2 Å². The Labute approximate surface area is 198 Å². The summed E-state index contributed by atoms with van der Waals surface area (Å²) in [4.78, 5) is 12.4. The molecular weight excluding hydrogens is 431 g/mol. The zero-order valence-corrected chi connectivity index (χ0v) is 19.3. The maximum absolute atomic E-state index is 13.6. The molecule has 0 aliphatic carbocycles. The van der Waals surface area contributed by atoms with E-state index in [9.17, 15) is 9.18 Å². The maximum Gasteiger partial charge on any atom is 0.331 e. The van der Waals surface area contributed by atoms with Gasteiger partial charge < -0.3 is 9.47 Å². The lowest BCUT2D eigenvalue weighted by Crippen LogP contribution is -2.03. The average Bonchev–Trinajstić information content (AvgIpc) is 3.29. The Hall–Kier alpha value is -4.19. The number of rotatable bonds is 7. The summed E-state index contributed by atoms with van der Waals surface area (Å²) >= 11 is 0. The van der Waals surface area contributed by atoms with Crippen LogP contribution >= 0.6 is 0 Å². The van der Waals surface area contributed by atoms with E-state index in [1.807, 2.05) is 66.2 Å². The number of methoxy groups -OCH3 is 1. The molecule has 3 aromatic carbocycles. The molecule has 0 atom stereocenters. The van der Waals surface area contributed by atoms with Crippen LogP contribution in [0.1, 0.15) is 23.7 Å². The summed E-state index contributed by atoms with van der Waals surface area (Å²) in [5.74, 6) is -0.108. The summed E-state index contributed by atoms with van der Waals surface area (Å²) in [6, 6.07) is 23.6. The van der Waals surface area contributed by atoms with Crippen molar-refractivity contribution in [1.82, 2.24) is 9.78 Å². The molecule has 0 aliphatic rings. The second kappa shape index (κ2) is 10.2. The zero-order chi connectivity index (χ0) is 24.1. The van der Waals surface area contributed by atoms with Gasteiger partial charge in [0.25, 0.3) is 0 Å². The molecule has 4 aromatic rings. The first-order valence-corrected chi connectivity index (χ1v) is 10.9. The molecule has 4 rings (SSSR count). The van der Waals surface area contributed by atoms with Crippen molar-refractivity contribution in [3.05, 3.63) is 108 Å². The Morgan fingerprint density at radius 2 is 1.68 bits per heavy atom. The van der Waals surface area contributed by atoms with E-state index in [4.69, 9.17) is 14.6 Å². The first-order chi connectivity index (χ1) is 16.5. The van der Waals surface area contributed by atoms with E-state index < -0.39 is 5.97 Å². The molecule has 34 heavy (non-hydrogen) atoms. The third-order valence-electron chi connectivity index (χ3n) is 5.35. The van der Waals surface area contributed by atoms with E-state index >= 15 is 0 Å². The van der Waals surface area contributed by atoms with E-state index in [1.165, 1.54) is 18.2 Å². The average molecular weight is 457 g/mol. The van der Waals surface area contributed by atoms with Gasteiger partial charge in [0, 0.05) is 17.2 Å². The molecule has 0 saturated carbocycles. The molecule has 1 aromatic heterocycles. The van der Waals surface area contributed by atoms with Crippen molar-refractivity contribution in [3.63, 3.8) is 0 Å². The Balaban J connectivity index is 1.90. The number of aromatic nitrogens is 2. The number of esters is 1. The van der Waals surface area contributed by atoms with Crippen LogP contribution in [-0.2, 0) is 9.53 Å². The normalized spacial score (nSPS) is 11.4. The fraction of sp³-hybridized carbons (Fsp3) is 0.143. The molecule has 0 spiro atoms. The minimum atomic E-state index is -0.488. The smallest absolute Gasteiger partial charge is 0.331 e.